The summed E-state index contributed by atoms with van der Waals surface area (Å²) < 4.78 is 10.0. The Hall–Kier alpha value is -0.850. The molecule has 0 aromatic carbocycles. The third-order valence-corrected chi connectivity index (χ3v) is 2.50. The fourth-order valence-corrected chi connectivity index (χ4v) is 1.37. The lowest BCUT2D eigenvalue weighted by molar-refractivity contribution is 0.162. The second kappa shape index (κ2) is 12.6. The number of hydrogen-bond donors (Lipinski definition) is 2. The minimum Gasteiger partial charge on any atom is -0.385 e. The predicted octanol–water partition coefficient (Wildman–Crippen LogP) is -0.234. The minimum absolute atomic E-state index is 0.764. The van der Waals surface area contributed by atoms with Crippen LogP contribution in [0.2, 0.25) is 0 Å². The zero-order valence-corrected chi connectivity index (χ0v) is 12.2. The predicted molar refractivity (Wildman–Crippen MR) is 75.2 cm³/mol. The Balaban J connectivity index is 3.55. The highest BCUT2D eigenvalue weighted by atomic mass is 16.5. The van der Waals surface area contributed by atoms with E-state index < -0.39 is 0 Å². The summed E-state index contributed by atoms with van der Waals surface area (Å²) in [5.41, 5.74) is 0. The highest BCUT2D eigenvalue weighted by molar-refractivity contribution is 5.79. The molecule has 0 aliphatic heterocycles. The number of rotatable bonds is 10. The number of ether oxygens (including phenoxy) is 2. The van der Waals surface area contributed by atoms with Gasteiger partial charge in [0.15, 0.2) is 5.96 Å². The van der Waals surface area contributed by atoms with Crippen molar-refractivity contribution in [3.05, 3.63) is 0 Å². The van der Waals surface area contributed by atoms with Gasteiger partial charge < -0.3 is 25.0 Å². The van der Waals surface area contributed by atoms with Gasteiger partial charge in [0.25, 0.3) is 0 Å². The van der Waals surface area contributed by atoms with Crippen molar-refractivity contribution in [1.82, 2.24) is 15.5 Å². The lowest BCUT2D eigenvalue weighted by atomic mass is 10.4. The van der Waals surface area contributed by atoms with E-state index in [0.29, 0.717) is 0 Å². The molecule has 0 aromatic rings. The van der Waals surface area contributed by atoms with E-state index in [9.17, 15) is 0 Å². The van der Waals surface area contributed by atoms with Gasteiger partial charge in [-0.2, -0.15) is 0 Å². The number of guanidine groups is 1. The molecule has 0 bridgehead atoms. The van der Waals surface area contributed by atoms with Crippen LogP contribution in [0, 0.1) is 0 Å². The minimum atomic E-state index is 0.764. The number of methoxy groups -OCH3 is 2. The maximum Gasteiger partial charge on any atom is 0.191 e. The summed E-state index contributed by atoms with van der Waals surface area (Å²) in [7, 11) is 7.29. The van der Waals surface area contributed by atoms with Crippen LogP contribution in [0.3, 0.4) is 0 Å². The monoisotopic (exact) mass is 260 g/mol. The van der Waals surface area contributed by atoms with Crippen LogP contribution in [0.25, 0.3) is 0 Å². The molecular formula is C12H28N4O2. The first-order chi connectivity index (χ1) is 8.74. The first-order valence-electron chi connectivity index (χ1n) is 6.35. The molecule has 0 aliphatic rings. The van der Waals surface area contributed by atoms with Gasteiger partial charge in [-0.25, -0.2) is 0 Å². The molecular weight excluding hydrogens is 232 g/mol. The van der Waals surface area contributed by atoms with Crippen molar-refractivity contribution in [3.63, 3.8) is 0 Å². The number of nitrogens with zero attached hydrogens (tertiary/aromatic N) is 2. The van der Waals surface area contributed by atoms with E-state index in [1.165, 1.54) is 0 Å². The van der Waals surface area contributed by atoms with Crippen LogP contribution in [-0.2, 0) is 9.47 Å². The summed E-state index contributed by atoms with van der Waals surface area (Å²) in [4.78, 5) is 6.37. The number of hydrogen-bond acceptors (Lipinski definition) is 4. The molecule has 0 unspecified atom stereocenters. The van der Waals surface area contributed by atoms with E-state index in [1.54, 1.807) is 21.3 Å². The maximum absolute atomic E-state index is 5.03. The number of likely N-dealkylation sites (N-methyl/N-ethyl adjacent to an activating group) is 1. The van der Waals surface area contributed by atoms with Crippen LogP contribution in [0.1, 0.15) is 6.42 Å². The Bertz CT molecular complexity index is 212. The Morgan fingerprint density at radius 3 is 2.33 bits per heavy atom. The van der Waals surface area contributed by atoms with Crippen LogP contribution in [0.15, 0.2) is 4.99 Å². The largest absolute Gasteiger partial charge is 0.385 e. The zero-order valence-electron chi connectivity index (χ0n) is 12.2. The smallest absolute Gasteiger partial charge is 0.191 e. The zero-order chi connectivity index (χ0) is 13.6. The molecule has 6 heteroatoms. The summed E-state index contributed by atoms with van der Waals surface area (Å²) >= 11 is 0. The molecule has 0 saturated heterocycles. The first-order valence-corrected chi connectivity index (χ1v) is 6.35. The van der Waals surface area contributed by atoms with Crippen LogP contribution < -0.4 is 10.6 Å². The fraction of sp³-hybridized carbons (Fsp3) is 0.917. The van der Waals surface area contributed by atoms with E-state index >= 15 is 0 Å². The maximum atomic E-state index is 5.03. The van der Waals surface area contributed by atoms with Crippen LogP contribution in [0.5, 0.6) is 0 Å². The molecule has 2 N–H and O–H groups in total. The average molecular weight is 260 g/mol. The van der Waals surface area contributed by atoms with Crippen molar-refractivity contribution >= 4 is 5.96 Å². The Morgan fingerprint density at radius 1 is 1.06 bits per heavy atom. The van der Waals surface area contributed by atoms with Crippen molar-refractivity contribution in [3.8, 4) is 0 Å². The molecule has 0 saturated carbocycles. The first kappa shape index (κ1) is 17.2. The van der Waals surface area contributed by atoms with Crippen molar-refractivity contribution in [2.45, 2.75) is 6.42 Å². The van der Waals surface area contributed by atoms with Crippen molar-refractivity contribution in [1.29, 1.82) is 0 Å². The Kier molecular flexibility index (Phi) is 12.0. The highest BCUT2D eigenvalue weighted by Crippen LogP contribution is 1.82. The van der Waals surface area contributed by atoms with E-state index in [1.807, 2.05) is 0 Å². The Morgan fingerprint density at radius 2 is 1.72 bits per heavy atom. The molecule has 0 radical (unpaired) electrons. The molecule has 18 heavy (non-hydrogen) atoms. The second-order valence-corrected chi connectivity index (χ2v) is 4.07. The SMILES string of the molecule is CN=C(NCCCOC)NCCN(C)CCOC. The molecule has 108 valence electrons. The van der Waals surface area contributed by atoms with Crippen molar-refractivity contribution < 1.29 is 9.47 Å². The molecule has 0 aliphatic carbocycles. The number of aliphatic imine (C=N–C) groups is 1. The summed E-state index contributed by atoms with van der Waals surface area (Å²) in [6.45, 7) is 5.17. The second-order valence-electron chi connectivity index (χ2n) is 4.07. The summed E-state index contributed by atoms with van der Waals surface area (Å²) in [5.74, 6) is 0.839. The van der Waals surface area contributed by atoms with Crippen LogP contribution >= 0.6 is 0 Å². The highest BCUT2D eigenvalue weighted by Gasteiger charge is 1.99. The van der Waals surface area contributed by atoms with Gasteiger partial charge in [0.2, 0.25) is 0 Å². The van der Waals surface area contributed by atoms with Gasteiger partial charge in [0.1, 0.15) is 0 Å². The lowest BCUT2D eigenvalue weighted by Crippen LogP contribution is -2.41. The van der Waals surface area contributed by atoms with E-state index in [4.69, 9.17) is 9.47 Å². The van der Waals surface area contributed by atoms with Gasteiger partial charge in [0.05, 0.1) is 6.61 Å². The lowest BCUT2D eigenvalue weighted by Gasteiger charge is -2.17. The molecule has 0 spiro atoms. The normalized spacial score (nSPS) is 11.9. The van der Waals surface area contributed by atoms with E-state index in [0.717, 1.165) is 51.8 Å². The average Bonchev–Trinajstić information content (AvgIpc) is 2.39. The van der Waals surface area contributed by atoms with Crippen LogP contribution in [-0.4, -0.2) is 78.6 Å². The molecule has 0 amide bonds. The molecule has 0 heterocycles. The fourth-order valence-electron chi connectivity index (χ4n) is 1.37. The van der Waals surface area contributed by atoms with Gasteiger partial charge in [0, 0.05) is 54.1 Å². The third kappa shape index (κ3) is 10.3. The summed E-state index contributed by atoms with van der Waals surface area (Å²) in [5, 5.41) is 6.51. The molecule has 0 rings (SSSR count). The molecule has 6 nitrogen and oxygen atoms in total. The van der Waals surface area contributed by atoms with Crippen LogP contribution in [0.4, 0.5) is 0 Å². The quantitative estimate of drug-likeness (QED) is 0.323. The van der Waals surface area contributed by atoms with Gasteiger partial charge in [-0.1, -0.05) is 0 Å². The van der Waals surface area contributed by atoms with E-state index in [-0.39, 0.29) is 0 Å². The summed E-state index contributed by atoms with van der Waals surface area (Å²) in [6, 6.07) is 0. The standard InChI is InChI=1S/C12H28N4O2/c1-13-12(14-6-5-10-17-3)15-7-8-16(2)9-11-18-4/h5-11H2,1-4H3,(H2,13,14,15). The van der Waals surface area contributed by atoms with E-state index in [2.05, 4.69) is 27.6 Å². The third-order valence-electron chi connectivity index (χ3n) is 2.50. The Labute approximate surface area is 111 Å². The van der Waals surface area contributed by atoms with Crippen molar-refractivity contribution in [2.75, 3.05) is 67.7 Å². The van der Waals surface area contributed by atoms with Gasteiger partial charge in [-0.3, -0.25) is 4.99 Å². The van der Waals surface area contributed by atoms with Gasteiger partial charge in [-0.05, 0) is 13.5 Å². The molecule has 0 fully saturated rings. The topological polar surface area (TPSA) is 58.1 Å². The van der Waals surface area contributed by atoms with Gasteiger partial charge >= 0.3 is 0 Å². The molecule has 0 atom stereocenters. The number of nitrogens with one attached hydrogen (secondary N) is 2. The molecule has 0 aromatic heterocycles. The van der Waals surface area contributed by atoms with Gasteiger partial charge in [-0.15, -0.1) is 0 Å². The summed E-state index contributed by atoms with van der Waals surface area (Å²) in [6.07, 6.45) is 0.977. The van der Waals surface area contributed by atoms with Crippen molar-refractivity contribution in [2.24, 2.45) is 4.99 Å².